The molecule has 1 aromatic carbocycles. The van der Waals surface area contributed by atoms with Crippen molar-refractivity contribution in [3.8, 4) is 0 Å². The molecule has 1 saturated carbocycles. The van der Waals surface area contributed by atoms with E-state index in [0.717, 1.165) is 5.56 Å². The lowest BCUT2D eigenvalue weighted by atomic mass is 9.87. The predicted octanol–water partition coefficient (Wildman–Crippen LogP) is 3.01. The lowest BCUT2D eigenvalue weighted by Crippen LogP contribution is -2.47. The largest absolute Gasteiger partial charge is 0.743 e. The second-order valence-electron chi connectivity index (χ2n) is 7.52. The highest BCUT2D eigenvalue weighted by Crippen LogP contribution is 2.40. The molecular formula is C20H23F4O8S-. The van der Waals surface area contributed by atoms with Gasteiger partial charge in [-0.05, 0) is 31.2 Å². The van der Waals surface area contributed by atoms with Gasteiger partial charge in [-0.2, -0.15) is 17.6 Å². The smallest absolute Gasteiger partial charge is 0.396 e. The number of esters is 2. The van der Waals surface area contributed by atoms with E-state index in [4.69, 9.17) is 9.47 Å². The van der Waals surface area contributed by atoms with Crippen LogP contribution in [-0.2, 0) is 40.5 Å². The predicted molar refractivity (Wildman–Crippen MR) is 103 cm³/mol. The van der Waals surface area contributed by atoms with Crippen molar-refractivity contribution >= 4 is 22.1 Å². The highest BCUT2D eigenvalue weighted by Gasteiger charge is 2.61. The van der Waals surface area contributed by atoms with Gasteiger partial charge in [0, 0.05) is 0 Å². The number of hydrogen-bond donors (Lipinski definition) is 0. The third kappa shape index (κ3) is 7.64. The van der Waals surface area contributed by atoms with Gasteiger partial charge in [-0.3, -0.25) is 4.79 Å². The number of alkyl halides is 4. The Morgan fingerprint density at radius 1 is 1.00 bits per heavy atom. The Labute approximate surface area is 187 Å². The lowest BCUT2D eigenvalue weighted by Gasteiger charge is -2.29. The molecule has 0 saturated heterocycles. The number of rotatable bonds is 11. The maximum atomic E-state index is 13.4. The molecule has 1 aliphatic rings. The zero-order valence-electron chi connectivity index (χ0n) is 17.4. The molecular weight excluding hydrogens is 476 g/mol. The summed E-state index contributed by atoms with van der Waals surface area (Å²) in [5.74, 6) is -7.33. The van der Waals surface area contributed by atoms with E-state index >= 15 is 0 Å². The second kappa shape index (κ2) is 11.3. The Kier molecular flexibility index (Phi) is 9.20. The Morgan fingerprint density at radius 2 is 1.61 bits per heavy atom. The van der Waals surface area contributed by atoms with Gasteiger partial charge in [-0.25, -0.2) is 13.2 Å². The first-order valence-electron chi connectivity index (χ1n) is 10.0. The third-order valence-corrected chi connectivity index (χ3v) is 6.01. The van der Waals surface area contributed by atoms with Crippen molar-refractivity contribution in [2.45, 2.75) is 56.0 Å². The van der Waals surface area contributed by atoms with Crippen LogP contribution >= 0.6 is 0 Å². The third-order valence-electron chi connectivity index (χ3n) is 5.09. The maximum absolute atomic E-state index is 13.4. The van der Waals surface area contributed by atoms with Gasteiger partial charge < -0.3 is 18.8 Å². The van der Waals surface area contributed by atoms with Gasteiger partial charge in [0.05, 0.1) is 25.0 Å². The van der Waals surface area contributed by atoms with E-state index in [2.05, 4.69) is 4.74 Å². The van der Waals surface area contributed by atoms with Crippen LogP contribution in [0.1, 0.15) is 37.7 Å². The number of carbonyl (C=O) groups excluding carboxylic acids is 2. The van der Waals surface area contributed by atoms with Crippen molar-refractivity contribution in [3.05, 3.63) is 35.9 Å². The molecule has 0 atom stereocenters. The molecule has 0 N–H and O–H groups in total. The molecule has 0 radical (unpaired) electrons. The molecule has 0 aromatic heterocycles. The summed E-state index contributed by atoms with van der Waals surface area (Å²) < 4.78 is 99.0. The average molecular weight is 499 g/mol. The van der Waals surface area contributed by atoms with Crippen molar-refractivity contribution in [3.63, 3.8) is 0 Å². The molecule has 13 heteroatoms. The Bertz CT molecular complexity index is 900. The highest BCUT2D eigenvalue weighted by molar-refractivity contribution is 7.86. The van der Waals surface area contributed by atoms with E-state index in [1.54, 1.807) is 24.3 Å². The number of halogens is 4. The summed E-state index contributed by atoms with van der Waals surface area (Å²) in [6, 6.07) is 9.04. The fourth-order valence-corrected chi connectivity index (χ4v) is 3.62. The average Bonchev–Trinajstić information content (AvgIpc) is 2.76. The minimum Gasteiger partial charge on any atom is -0.743 e. The van der Waals surface area contributed by atoms with Crippen molar-refractivity contribution in [2.75, 3.05) is 13.2 Å². The van der Waals surface area contributed by atoms with Crippen molar-refractivity contribution in [1.82, 2.24) is 0 Å². The Hall–Kier alpha value is -2.25. The number of carbonyl (C=O) groups is 2. The fraction of sp³-hybridized carbons (Fsp3) is 0.600. The topological polar surface area (TPSA) is 119 Å². The molecule has 1 aromatic rings. The molecule has 0 spiro atoms. The van der Waals surface area contributed by atoms with Gasteiger partial charge in [0.15, 0.2) is 10.1 Å². The molecule has 0 heterocycles. The zero-order chi connectivity index (χ0) is 24.7. The molecule has 2 rings (SSSR count). The Balaban J connectivity index is 1.66. The SMILES string of the molecule is O=C(COC1CCC(C(=O)OCCC(F)(F)C(F)(F)S(=O)(=O)[O-])CC1)OCc1ccccc1. The summed E-state index contributed by atoms with van der Waals surface area (Å²) in [5.41, 5.74) is 0.820. The van der Waals surface area contributed by atoms with Crippen LogP contribution in [0.15, 0.2) is 30.3 Å². The van der Waals surface area contributed by atoms with Gasteiger partial charge in [-0.15, -0.1) is 0 Å². The van der Waals surface area contributed by atoms with Gasteiger partial charge >= 0.3 is 23.1 Å². The van der Waals surface area contributed by atoms with Gasteiger partial charge in [0.25, 0.3) is 0 Å². The van der Waals surface area contributed by atoms with Gasteiger partial charge in [0.2, 0.25) is 0 Å². The first-order chi connectivity index (χ1) is 15.3. The lowest BCUT2D eigenvalue weighted by molar-refractivity contribution is -0.177. The van der Waals surface area contributed by atoms with E-state index in [0.29, 0.717) is 12.8 Å². The monoisotopic (exact) mass is 499 g/mol. The highest BCUT2D eigenvalue weighted by atomic mass is 32.2. The molecule has 0 unspecified atom stereocenters. The van der Waals surface area contributed by atoms with E-state index < -0.39 is 52.2 Å². The molecule has 1 aliphatic carbocycles. The van der Waals surface area contributed by atoms with Crippen LogP contribution in [-0.4, -0.2) is 55.4 Å². The zero-order valence-corrected chi connectivity index (χ0v) is 18.2. The van der Waals surface area contributed by atoms with Crippen LogP contribution in [0.2, 0.25) is 0 Å². The first-order valence-corrected chi connectivity index (χ1v) is 11.4. The maximum Gasteiger partial charge on any atom is 0.396 e. The van der Waals surface area contributed by atoms with E-state index in [1.807, 2.05) is 6.07 Å². The molecule has 186 valence electrons. The summed E-state index contributed by atoms with van der Waals surface area (Å²) >= 11 is 0. The molecule has 0 bridgehead atoms. The van der Waals surface area contributed by atoms with E-state index in [1.165, 1.54) is 0 Å². The molecule has 0 amide bonds. The van der Waals surface area contributed by atoms with Crippen molar-refractivity contribution in [1.29, 1.82) is 0 Å². The first kappa shape index (κ1) is 27.0. The van der Waals surface area contributed by atoms with Crippen LogP contribution in [0.5, 0.6) is 0 Å². The van der Waals surface area contributed by atoms with Gasteiger partial charge in [0.1, 0.15) is 13.2 Å². The van der Waals surface area contributed by atoms with Crippen LogP contribution in [0.25, 0.3) is 0 Å². The summed E-state index contributed by atoms with van der Waals surface area (Å²) in [7, 11) is -6.59. The van der Waals surface area contributed by atoms with Crippen molar-refractivity contribution < 1.29 is 54.3 Å². The summed E-state index contributed by atoms with van der Waals surface area (Å²) in [5, 5.41) is -5.82. The molecule has 33 heavy (non-hydrogen) atoms. The van der Waals surface area contributed by atoms with Gasteiger partial charge in [-0.1, -0.05) is 30.3 Å². The van der Waals surface area contributed by atoms with Crippen LogP contribution in [0.3, 0.4) is 0 Å². The van der Waals surface area contributed by atoms with E-state index in [-0.39, 0.29) is 32.2 Å². The number of benzene rings is 1. The minimum absolute atomic E-state index is 0.105. The molecule has 0 aliphatic heterocycles. The normalized spacial score (nSPS) is 19.7. The van der Waals surface area contributed by atoms with Crippen LogP contribution < -0.4 is 0 Å². The quantitative estimate of drug-likeness (QED) is 0.259. The summed E-state index contributed by atoms with van der Waals surface area (Å²) in [6.07, 6.45) is -0.906. The molecule has 1 fully saturated rings. The minimum atomic E-state index is -6.59. The van der Waals surface area contributed by atoms with Crippen molar-refractivity contribution in [2.24, 2.45) is 5.92 Å². The Morgan fingerprint density at radius 3 is 2.18 bits per heavy atom. The summed E-state index contributed by atoms with van der Waals surface area (Å²) in [4.78, 5) is 23.7. The number of ether oxygens (including phenoxy) is 3. The fourth-order valence-electron chi connectivity index (χ4n) is 3.16. The second-order valence-corrected chi connectivity index (χ2v) is 8.94. The van der Waals surface area contributed by atoms with Crippen LogP contribution in [0, 0.1) is 5.92 Å². The molecule has 8 nitrogen and oxygen atoms in total. The standard InChI is InChI=1S/C20H24F4O8S/c21-19(22,20(23,24)33(27,28)29)10-11-30-18(26)15-6-8-16(9-7-15)31-13-17(25)32-12-14-4-2-1-3-5-14/h1-5,15-16H,6-13H2,(H,27,28,29)/p-1. The van der Waals surface area contributed by atoms with Crippen LogP contribution in [0.4, 0.5) is 17.6 Å². The van der Waals surface area contributed by atoms with E-state index in [9.17, 15) is 40.1 Å². The number of hydrogen-bond acceptors (Lipinski definition) is 8. The summed E-state index contributed by atoms with van der Waals surface area (Å²) in [6.45, 7) is -1.35.